The number of carbonyl (C=O) groups is 4. The van der Waals surface area contributed by atoms with Gasteiger partial charge < -0.3 is 19.2 Å². The standard InChI is InChI=1S/C30H31FN6O5/c31-20-3-4-22-25(16-20)42-33-27(22)35-13-11-34(12-14-35)21-7-9-36(10-8-21)29(40)18-1-2-19-17-37(30(41)23(19)15-18)24-5-6-26(38)32-28(24)39/h1-4,15-16,21,24H,5-14,17H2,(H,32,38,39). The van der Waals surface area contributed by atoms with Crippen LogP contribution in [0.15, 0.2) is 40.9 Å². The number of likely N-dealkylation sites (tertiary alicyclic amines) is 1. The summed E-state index contributed by atoms with van der Waals surface area (Å²) < 4.78 is 18.9. The maximum Gasteiger partial charge on any atom is 0.255 e. The van der Waals surface area contributed by atoms with Crippen molar-refractivity contribution in [3.63, 3.8) is 0 Å². The molecule has 1 atom stereocenters. The van der Waals surface area contributed by atoms with Crippen molar-refractivity contribution in [3.8, 4) is 0 Å². The Morgan fingerprint density at radius 2 is 1.74 bits per heavy atom. The third kappa shape index (κ3) is 4.69. The maximum atomic E-state index is 13.5. The van der Waals surface area contributed by atoms with Crippen LogP contribution in [0.2, 0.25) is 0 Å². The van der Waals surface area contributed by atoms with E-state index in [1.807, 2.05) is 4.90 Å². The molecule has 1 N–H and O–H groups in total. The number of fused-ring (bicyclic) bond motifs is 2. The van der Waals surface area contributed by atoms with E-state index in [-0.39, 0.29) is 30.0 Å². The number of piperidine rings is 2. The second kappa shape index (κ2) is 10.5. The molecule has 0 bridgehead atoms. The van der Waals surface area contributed by atoms with Gasteiger partial charge in [0.2, 0.25) is 11.8 Å². The minimum atomic E-state index is -0.678. The molecule has 42 heavy (non-hydrogen) atoms. The molecule has 218 valence electrons. The van der Waals surface area contributed by atoms with Gasteiger partial charge in [0.25, 0.3) is 11.8 Å². The predicted molar refractivity (Wildman–Crippen MR) is 149 cm³/mol. The number of aromatic nitrogens is 1. The van der Waals surface area contributed by atoms with E-state index in [0.29, 0.717) is 48.8 Å². The second-order valence-electron chi connectivity index (χ2n) is 11.5. The molecule has 0 saturated carbocycles. The van der Waals surface area contributed by atoms with Crippen LogP contribution in [0.5, 0.6) is 0 Å². The van der Waals surface area contributed by atoms with Gasteiger partial charge in [0.05, 0.1) is 5.39 Å². The summed E-state index contributed by atoms with van der Waals surface area (Å²) in [5.74, 6) is -0.741. The molecule has 4 amide bonds. The molecule has 3 fully saturated rings. The van der Waals surface area contributed by atoms with E-state index in [2.05, 4.69) is 20.3 Å². The maximum absolute atomic E-state index is 13.5. The summed E-state index contributed by atoms with van der Waals surface area (Å²) in [4.78, 5) is 58.4. The zero-order valence-electron chi connectivity index (χ0n) is 23.1. The highest BCUT2D eigenvalue weighted by Crippen LogP contribution is 2.30. The van der Waals surface area contributed by atoms with Crippen LogP contribution in [0.25, 0.3) is 11.0 Å². The fraction of sp³-hybridized carbons (Fsp3) is 0.433. The lowest BCUT2D eigenvalue weighted by Gasteiger charge is -2.42. The first-order chi connectivity index (χ1) is 20.4. The van der Waals surface area contributed by atoms with E-state index in [9.17, 15) is 23.6 Å². The lowest BCUT2D eigenvalue weighted by molar-refractivity contribution is -0.136. The van der Waals surface area contributed by atoms with E-state index in [0.717, 1.165) is 55.8 Å². The molecule has 7 rings (SSSR count). The lowest BCUT2D eigenvalue weighted by atomic mass is 10.00. The van der Waals surface area contributed by atoms with E-state index >= 15 is 0 Å². The molecule has 0 spiro atoms. The minimum absolute atomic E-state index is 0.0947. The van der Waals surface area contributed by atoms with Crippen LogP contribution in [0, 0.1) is 5.82 Å². The van der Waals surface area contributed by atoms with Crippen molar-refractivity contribution in [1.29, 1.82) is 0 Å². The Morgan fingerprint density at radius 3 is 2.50 bits per heavy atom. The van der Waals surface area contributed by atoms with Crippen molar-refractivity contribution in [1.82, 2.24) is 25.2 Å². The van der Waals surface area contributed by atoms with E-state index in [1.165, 1.54) is 17.0 Å². The van der Waals surface area contributed by atoms with Crippen molar-refractivity contribution >= 4 is 40.4 Å². The fourth-order valence-electron chi connectivity index (χ4n) is 6.73. The van der Waals surface area contributed by atoms with Gasteiger partial charge in [-0.2, -0.15) is 0 Å². The van der Waals surface area contributed by atoms with E-state index in [4.69, 9.17) is 4.52 Å². The van der Waals surface area contributed by atoms with Crippen LogP contribution < -0.4 is 10.2 Å². The first-order valence-corrected chi connectivity index (χ1v) is 14.5. The highest BCUT2D eigenvalue weighted by atomic mass is 19.1. The number of amides is 4. The van der Waals surface area contributed by atoms with Crippen LogP contribution in [0.3, 0.4) is 0 Å². The summed E-state index contributed by atoms with van der Waals surface area (Å²) in [6.07, 6.45) is 2.24. The Hall–Kier alpha value is -4.32. The third-order valence-electron chi connectivity index (χ3n) is 9.07. The molecule has 3 saturated heterocycles. The van der Waals surface area contributed by atoms with Crippen molar-refractivity contribution in [2.24, 2.45) is 0 Å². The van der Waals surface area contributed by atoms with Gasteiger partial charge in [-0.3, -0.25) is 29.4 Å². The number of hydrogen-bond donors (Lipinski definition) is 1. The summed E-state index contributed by atoms with van der Waals surface area (Å²) in [7, 11) is 0. The summed E-state index contributed by atoms with van der Waals surface area (Å²) >= 11 is 0. The quantitative estimate of drug-likeness (QED) is 0.471. The highest BCUT2D eigenvalue weighted by Gasteiger charge is 2.39. The first-order valence-electron chi connectivity index (χ1n) is 14.5. The van der Waals surface area contributed by atoms with Gasteiger partial charge in [0.1, 0.15) is 11.9 Å². The summed E-state index contributed by atoms with van der Waals surface area (Å²) in [6.45, 7) is 4.87. The number of carbonyl (C=O) groups excluding carboxylic acids is 4. The molecule has 2 aromatic carbocycles. The Labute approximate surface area is 241 Å². The predicted octanol–water partition coefficient (Wildman–Crippen LogP) is 2.15. The monoisotopic (exact) mass is 574 g/mol. The Bertz CT molecular complexity index is 1590. The van der Waals surface area contributed by atoms with Crippen LogP contribution >= 0.6 is 0 Å². The average Bonchev–Trinajstić information content (AvgIpc) is 3.57. The van der Waals surface area contributed by atoms with Crippen molar-refractivity contribution in [3.05, 3.63) is 58.9 Å². The Morgan fingerprint density at radius 1 is 0.952 bits per heavy atom. The molecule has 12 heteroatoms. The molecule has 3 aromatic rings. The van der Waals surface area contributed by atoms with Crippen molar-refractivity contribution in [2.45, 2.75) is 44.3 Å². The normalized spacial score (nSPS) is 22.2. The number of halogens is 1. The van der Waals surface area contributed by atoms with Crippen LogP contribution in [0.1, 0.15) is 52.0 Å². The van der Waals surface area contributed by atoms with Gasteiger partial charge in [0, 0.05) is 75.5 Å². The topological polar surface area (TPSA) is 119 Å². The fourth-order valence-corrected chi connectivity index (χ4v) is 6.73. The summed E-state index contributed by atoms with van der Waals surface area (Å²) in [5.41, 5.74) is 2.15. The first kappa shape index (κ1) is 26.6. The largest absolute Gasteiger partial charge is 0.354 e. The SMILES string of the molecule is O=C1CCC(N2Cc3ccc(C(=O)N4CCC(N5CCN(c6noc7cc(F)ccc67)CC5)CC4)cc3C2=O)C(=O)N1. The Kier molecular flexibility index (Phi) is 6.64. The van der Waals surface area contributed by atoms with Gasteiger partial charge in [-0.1, -0.05) is 11.2 Å². The number of imide groups is 1. The smallest absolute Gasteiger partial charge is 0.255 e. The summed E-state index contributed by atoms with van der Waals surface area (Å²) in [5, 5.41) is 7.31. The van der Waals surface area contributed by atoms with Crippen LogP contribution in [-0.4, -0.2) is 94.8 Å². The number of piperazine rings is 1. The number of hydrogen-bond acceptors (Lipinski definition) is 8. The third-order valence-corrected chi connectivity index (χ3v) is 9.07. The zero-order valence-corrected chi connectivity index (χ0v) is 23.1. The molecule has 0 radical (unpaired) electrons. The van der Waals surface area contributed by atoms with Gasteiger partial charge in [-0.25, -0.2) is 4.39 Å². The number of anilines is 1. The average molecular weight is 575 g/mol. The van der Waals surface area contributed by atoms with E-state index < -0.39 is 11.9 Å². The molecule has 4 aliphatic rings. The Balaban J connectivity index is 0.940. The zero-order chi connectivity index (χ0) is 29.0. The molecule has 1 unspecified atom stereocenters. The summed E-state index contributed by atoms with van der Waals surface area (Å²) in [6, 6.07) is 9.40. The van der Waals surface area contributed by atoms with Crippen molar-refractivity contribution < 1.29 is 28.1 Å². The minimum Gasteiger partial charge on any atom is -0.354 e. The van der Waals surface area contributed by atoms with Gasteiger partial charge in [-0.15, -0.1) is 0 Å². The molecule has 5 heterocycles. The van der Waals surface area contributed by atoms with E-state index in [1.54, 1.807) is 24.3 Å². The van der Waals surface area contributed by atoms with Crippen molar-refractivity contribution in [2.75, 3.05) is 44.2 Å². The number of rotatable bonds is 4. The van der Waals surface area contributed by atoms with Crippen LogP contribution in [0.4, 0.5) is 10.2 Å². The number of nitrogens with zero attached hydrogens (tertiary/aromatic N) is 5. The second-order valence-corrected chi connectivity index (χ2v) is 11.5. The number of benzene rings is 2. The lowest BCUT2D eigenvalue weighted by Crippen LogP contribution is -2.54. The van der Waals surface area contributed by atoms with Gasteiger partial charge >= 0.3 is 0 Å². The highest BCUT2D eigenvalue weighted by molar-refractivity contribution is 6.06. The molecule has 0 aliphatic carbocycles. The van der Waals surface area contributed by atoms with Crippen LogP contribution in [-0.2, 0) is 16.1 Å². The molecule has 4 aliphatic heterocycles. The molecular weight excluding hydrogens is 543 g/mol. The van der Waals surface area contributed by atoms with Gasteiger partial charge in [-0.05, 0) is 49.1 Å². The number of nitrogens with one attached hydrogen (secondary N) is 1. The molecular formula is C30H31FN6O5. The van der Waals surface area contributed by atoms with Gasteiger partial charge in [0.15, 0.2) is 11.4 Å². The molecule has 1 aromatic heterocycles. The molecule has 11 nitrogen and oxygen atoms in total.